The molecular formula is C19H26N4OS. The average molecular weight is 359 g/mol. The highest BCUT2D eigenvalue weighted by molar-refractivity contribution is 7.99. The van der Waals surface area contributed by atoms with E-state index in [0.717, 1.165) is 29.5 Å². The molecule has 2 aromatic rings. The van der Waals surface area contributed by atoms with Gasteiger partial charge >= 0.3 is 0 Å². The predicted octanol–water partition coefficient (Wildman–Crippen LogP) is 3.77. The van der Waals surface area contributed by atoms with E-state index >= 15 is 0 Å². The lowest BCUT2D eigenvalue weighted by Gasteiger charge is -2.39. The third-order valence-corrected chi connectivity index (χ3v) is 5.81. The molecule has 0 unspecified atom stereocenters. The van der Waals surface area contributed by atoms with Gasteiger partial charge in [0.15, 0.2) is 5.16 Å². The van der Waals surface area contributed by atoms with Crippen molar-refractivity contribution < 1.29 is 4.79 Å². The molecule has 134 valence electrons. The number of likely N-dealkylation sites (tertiary alicyclic amines) is 1. The van der Waals surface area contributed by atoms with E-state index < -0.39 is 0 Å². The van der Waals surface area contributed by atoms with Gasteiger partial charge in [-0.25, -0.2) is 0 Å². The van der Waals surface area contributed by atoms with Crippen molar-refractivity contribution >= 4 is 17.7 Å². The Bertz CT molecular complexity index is 730. The molecule has 6 heteroatoms. The fraction of sp³-hybridized carbons (Fsp3) is 0.526. The summed E-state index contributed by atoms with van der Waals surface area (Å²) in [4.78, 5) is 14.8. The van der Waals surface area contributed by atoms with Gasteiger partial charge < -0.3 is 4.90 Å². The summed E-state index contributed by atoms with van der Waals surface area (Å²) in [6, 6.07) is 8.93. The van der Waals surface area contributed by atoms with Gasteiger partial charge in [0, 0.05) is 17.8 Å². The molecule has 25 heavy (non-hydrogen) atoms. The maximum Gasteiger partial charge on any atom is 0.233 e. The molecule has 1 fully saturated rings. The Morgan fingerprint density at radius 2 is 1.76 bits per heavy atom. The maximum absolute atomic E-state index is 12.7. The Morgan fingerprint density at radius 1 is 1.12 bits per heavy atom. The first-order chi connectivity index (χ1) is 12.0. The molecule has 2 atom stereocenters. The molecule has 5 nitrogen and oxygen atoms in total. The van der Waals surface area contributed by atoms with E-state index in [4.69, 9.17) is 0 Å². The number of nitrogens with zero attached hydrogens (tertiary/aromatic N) is 4. The van der Waals surface area contributed by atoms with Crippen molar-refractivity contribution in [3.63, 3.8) is 0 Å². The van der Waals surface area contributed by atoms with Gasteiger partial charge in [-0.1, -0.05) is 29.5 Å². The number of amides is 1. The Labute approximate surface area is 153 Å². The van der Waals surface area contributed by atoms with Gasteiger partial charge in [-0.15, -0.1) is 10.2 Å². The van der Waals surface area contributed by atoms with Crippen molar-refractivity contribution in [1.82, 2.24) is 19.7 Å². The Kier molecular flexibility index (Phi) is 5.47. The summed E-state index contributed by atoms with van der Waals surface area (Å²) in [6.07, 6.45) is 3.40. The number of aromatic nitrogens is 3. The van der Waals surface area contributed by atoms with Crippen LogP contribution < -0.4 is 0 Å². The summed E-state index contributed by atoms with van der Waals surface area (Å²) < 4.78 is 2.01. The number of carbonyl (C=O) groups excluding carboxylic acids is 1. The van der Waals surface area contributed by atoms with E-state index in [-0.39, 0.29) is 5.91 Å². The number of hydrogen-bond acceptors (Lipinski definition) is 4. The molecule has 0 N–H and O–H groups in total. The summed E-state index contributed by atoms with van der Waals surface area (Å²) in [5.41, 5.74) is 2.25. The number of rotatable bonds is 4. The van der Waals surface area contributed by atoms with E-state index in [0.29, 0.717) is 17.8 Å². The Morgan fingerprint density at radius 3 is 2.40 bits per heavy atom. The summed E-state index contributed by atoms with van der Waals surface area (Å²) >= 11 is 1.47. The highest BCUT2D eigenvalue weighted by Crippen LogP contribution is 2.26. The quantitative estimate of drug-likeness (QED) is 0.781. The molecule has 0 radical (unpaired) electrons. The van der Waals surface area contributed by atoms with Gasteiger partial charge in [0.1, 0.15) is 5.82 Å². The summed E-state index contributed by atoms with van der Waals surface area (Å²) in [6.45, 7) is 8.31. The molecule has 1 amide bonds. The molecule has 0 saturated carbocycles. The molecular weight excluding hydrogens is 332 g/mol. The van der Waals surface area contributed by atoms with Crippen LogP contribution in [-0.2, 0) is 4.79 Å². The maximum atomic E-state index is 12.7. The van der Waals surface area contributed by atoms with Gasteiger partial charge in [-0.05, 0) is 59.1 Å². The van der Waals surface area contributed by atoms with Crippen LogP contribution in [-0.4, -0.2) is 43.4 Å². The first kappa shape index (κ1) is 18.0. The van der Waals surface area contributed by atoms with Crippen molar-refractivity contribution in [2.24, 2.45) is 0 Å². The van der Waals surface area contributed by atoms with Gasteiger partial charge in [-0.3, -0.25) is 9.36 Å². The van der Waals surface area contributed by atoms with Gasteiger partial charge in [-0.2, -0.15) is 0 Å². The van der Waals surface area contributed by atoms with Crippen molar-refractivity contribution in [2.45, 2.75) is 64.2 Å². The van der Waals surface area contributed by atoms with Crippen LogP contribution in [0.4, 0.5) is 0 Å². The van der Waals surface area contributed by atoms with Crippen LogP contribution in [0.15, 0.2) is 29.4 Å². The number of benzene rings is 1. The van der Waals surface area contributed by atoms with E-state index in [1.807, 2.05) is 11.5 Å². The zero-order valence-corrected chi connectivity index (χ0v) is 16.2. The molecule has 1 aromatic heterocycles. The van der Waals surface area contributed by atoms with Crippen LogP contribution in [0.1, 0.15) is 44.5 Å². The van der Waals surface area contributed by atoms with E-state index in [1.165, 1.54) is 23.7 Å². The molecule has 2 heterocycles. The minimum atomic E-state index is 0.195. The van der Waals surface area contributed by atoms with Crippen molar-refractivity contribution in [2.75, 3.05) is 5.75 Å². The predicted molar refractivity (Wildman–Crippen MR) is 101 cm³/mol. The topological polar surface area (TPSA) is 51.0 Å². The average Bonchev–Trinajstić information content (AvgIpc) is 2.94. The van der Waals surface area contributed by atoms with Crippen LogP contribution in [0.25, 0.3) is 5.69 Å². The molecule has 0 spiro atoms. The minimum Gasteiger partial charge on any atom is -0.337 e. The molecule has 1 aliphatic rings. The Hall–Kier alpha value is -1.82. The molecule has 1 saturated heterocycles. The van der Waals surface area contributed by atoms with Gasteiger partial charge in [0.25, 0.3) is 0 Å². The zero-order chi connectivity index (χ0) is 18.0. The summed E-state index contributed by atoms with van der Waals surface area (Å²) in [7, 11) is 0. The number of hydrogen-bond donors (Lipinski definition) is 0. The SMILES string of the molecule is Cc1ccc(-n2c(C)nnc2SCC(=O)N2[C@H](C)CCC[C@H]2C)cc1. The lowest BCUT2D eigenvalue weighted by atomic mass is 9.98. The standard InChI is InChI=1S/C19H26N4OS/c1-13-8-10-17(11-9-13)23-16(4)20-21-19(23)25-12-18(24)22-14(2)6-5-7-15(22)3/h8-11,14-15H,5-7,12H2,1-4H3/t14-,15-/m1/s1. The minimum absolute atomic E-state index is 0.195. The highest BCUT2D eigenvalue weighted by Gasteiger charge is 2.29. The normalized spacial score (nSPS) is 20.7. The first-order valence-electron chi connectivity index (χ1n) is 8.90. The molecule has 1 aromatic carbocycles. The van der Waals surface area contributed by atoms with Crippen LogP contribution in [0.2, 0.25) is 0 Å². The van der Waals surface area contributed by atoms with E-state index in [2.05, 4.69) is 60.1 Å². The lowest BCUT2D eigenvalue weighted by Crippen LogP contribution is -2.48. The molecule has 0 bridgehead atoms. The van der Waals surface area contributed by atoms with Crippen molar-refractivity contribution in [3.8, 4) is 5.69 Å². The van der Waals surface area contributed by atoms with E-state index in [9.17, 15) is 4.79 Å². The summed E-state index contributed by atoms with van der Waals surface area (Å²) in [5.74, 6) is 1.43. The van der Waals surface area contributed by atoms with Crippen LogP contribution in [0.5, 0.6) is 0 Å². The zero-order valence-electron chi connectivity index (χ0n) is 15.4. The van der Waals surface area contributed by atoms with Gasteiger partial charge in [0.2, 0.25) is 5.91 Å². The first-order valence-corrected chi connectivity index (χ1v) is 9.89. The van der Waals surface area contributed by atoms with Crippen LogP contribution in [0, 0.1) is 13.8 Å². The fourth-order valence-corrected chi connectivity index (χ4v) is 4.41. The van der Waals surface area contributed by atoms with Gasteiger partial charge in [0.05, 0.1) is 5.75 Å². The monoisotopic (exact) mass is 358 g/mol. The number of thioether (sulfide) groups is 1. The number of carbonyl (C=O) groups is 1. The number of aryl methyl sites for hydroxylation is 2. The highest BCUT2D eigenvalue weighted by atomic mass is 32.2. The Balaban J connectivity index is 1.74. The molecule has 1 aliphatic heterocycles. The summed E-state index contributed by atoms with van der Waals surface area (Å²) in [5, 5.41) is 9.25. The third-order valence-electron chi connectivity index (χ3n) is 4.89. The van der Waals surface area contributed by atoms with E-state index in [1.54, 1.807) is 0 Å². The number of piperidine rings is 1. The molecule has 3 rings (SSSR count). The second-order valence-electron chi connectivity index (χ2n) is 6.92. The smallest absolute Gasteiger partial charge is 0.233 e. The van der Waals surface area contributed by atoms with Crippen LogP contribution >= 0.6 is 11.8 Å². The van der Waals surface area contributed by atoms with Crippen LogP contribution in [0.3, 0.4) is 0 Å². The van der Waals surface area contributed by atoms with Crippen molar-refractivity contribution in [1.29, 1.82) is 0 Å². The molecule has 0 aliphatic carbocycles. The second-order valence-corrected chi connectivity index (χ2v) is 7.86. The third kappa shape index (κ3) is 3.89. The lowest BCUT2D eigenvalue weighted by molar-refractivity contribution is -0.134. The largest absolute Gasteiger partial charge is 0.337 e. The van der Waals surface area contributed by atoms with Crippen molar-refractivity contribution in [3.05, 3.63) is 35.7 Å². The fourth-order valence-electron chi connectivity index (χ4n) is 3.54. The second kappa shape index (κ2) is 7.60.